The fourth-order valence-electron chi connectivity index (χ4n) is 5.76. The molecule has 0 amide bonds. The minimum atomic E-state index is -1.48. The summed E-state index contributed by atoms with van der Waals surface area (Å²) in [6, 6.07) is 45.9. The minimum absolute atomic E-state index is 0.0982. The summed E-state index contributed by atoms with van der Waals surface area (Å²) in [6.45, 7) is 18.2. The second kappa shape index (κ2) is 15.9. The summed E-state index contributed by atoms with van der Waals surface area (Å²) in [4.78, 5) is 0. The van der Waals surface area contributed by atoms with E-state index in [0.29, 0.717) is 0 Å². The maximum absolute atomic E-state index is 4.02. The molecule has 0 aromatic heterocycles. The van der Waals surface area contributed by atoms with Crippen LogP contribution in [0.4, 0.5) is 0 Å². The van der Waals surface area contributed by atoms with E-state index in [1.807, 2.05) is 0 Å². The molecule has 0 fully saturated rings. The van der Waals surface area contributed by atoms with Gasteiger partial charge < -0.3 is 0 Å². The summed E-state index contributed by atoms with van der Waals surface area (Å²) in [5.41, 5.74) is 17.6. The largest absolute Gasteiger partial charge is 0.291 e. The van der Waals surface area contributed by atoms with Crippen LogP contribution in [0.1, 0.15) is 59.9 Å². The molecular formula is C45H50N2Si2. The molecular weight excluding hydrogens is 625 g/mol. The molecule has 0 spiro atoms. The predicted molar refractivity (Wildman–Crippen MR) is 216 cm³/mol. The zero-order chi connectivity index (χ0) is 35.0. The van der Waals surface area contributed by atoms with E-state index in [9.17, 15) is 0 Å². The van der Waals surface area contributed by atoms with Gasteiger partial charge in [-0.25, -0.2) is 0 Å². The van der Waals surface area contributed by atoms with Gasteiger partial charge in [0.1, 0.15) is 16.1 Å². The van der Waals surface area contributed by atoms with Crippen LogP contribution in [0.15, 0.2) is 127 Å². The van der Waals surface area contributed by atoms with Crippen LogP contribution in [0.2, 0.25) is 39.3 Å². The van der Waals surface area contributed by atoms with Crippen molar-refractivity contribution in [3.63, 3.8) is 0 Å². The van der Waals surface area contributed by atoms with Crippen LogP contribution < -0.4 is 10.6 Å². The highest BCUT2D eigenvalue weighted by Gasteiger charge is 2.25. The molecule has 0 saturated heterocycles. The first kappa shape index (κ1) is 35.9. The molecule has 2 atom stereocenters. The van der Waals surface area contributed by atoms with Gasteiger partial charge >= 0.3 is 0 Å². The summed E-state index contributed by atoms with van der Waals surface area (Å²) in [7, 11) is -2.95. The standard InChI is InChI=1S/C45H50N2Si2/c1-34(38-16-11-9-12-17-38)46-45(47-35(2)39-18-13-10-14-19-39)44-42(40-26-22-36(23-27-40)30-32-48(3,4)5)20-15-21-43(44)41-28-24-37(25-29-41)31-33-49(6,7)8/h9-29,34-35,45-47H,1-8H3. The Balaban J connectivity index is 1.66. The number of hydrogen-bond donors (Lipinski definition) is 2. The van der Waals surface area contributed by atoms with Gasteiger partial charge in [-0.1, -0.05) is 154 Å². The highest BCUT2D eigenvalue weighted by atomic mass is 28.3. The van der Waals surface area contributed by atoms with Crippen molar-refractivity contribution >= 4 is 16.1 Å². The molecule has 5 aromatic rings. The van der Waals surface area contributed by atoms with Crippen LogP contribution in [0.5, 0.6) is 0 Å². The van der Waals surface area contributed by atoms with Gasteiger partial charge in [0.15, 0.2) is 0 Å². The predicted octanol–water partition coefficient (Wildman–Crippen LogP) is 11.2. The van der Waals surface area contributed by atoms with E-state index in [-0.39, 0.29) is 18.2 Å². The van der Waals surface area contributed by atoms with Crippen molar-refractivity contribution in [1.82, 2.24) is 10.6 Å². The van der Waals surface area contributed by atoms with E-state index in [1.165, 1.54) is 38.9 Å². The van der Waals surface area contributed by atoms with Crippen molar-refractivity contribution < 1.29 is 0 Å². The fourth-order valence-corrected chi connectivity index (χ4v) is 6.79. The highest BCUT2D eigenvalue weighted by molar-refractivity contribution is 6.84. The van der Waals surface area contributed by atoms with Crippen molar-refractivity contribution in [1.29, 1.82) is 0 Å². The maximum atomic E-state index is 4.02. The third kappa shape index (κ3) is 10.3. The molecule has 4 heteroatoms. The van der Waals surface area contributed by atoms with Crippen molar-refractivity contribution in [2.45, 2.75) is 71.4 Å². The van der Waals surface area contributed by atoms with Crippen LogP contribution in [-0.4, -0.2) is 16.1 Å². The number of nitrogens with one attached hydrogen (secondary N) is 2. The smallest absolute Gasteiger partial charge is 0.129 e. The number of benzene rings is 5. The Morgan fingerprint density at radius 2 is 0.816 bits per heavy atom. The lowest BCUT2D eigenvalue weighted by molar-refractivity contribution is 0.364. The van der Waals surface area contributed by atoms with Gasteiger partial charge in [0, 0.05) is 23.2 Å². The molecule has 0 heterocycles. The molecule has 2 nitrogen and oxygen atoms in total. The second-order valence-corrected chi connectivity index (χ2v) is 24.5. The van der Waals surface area contributed by atoms with Gasteiger partial charge in [-0.15, -0.1) is 11.1 Å². The second-order valence-electron chi connectivity index (χ2n) is 15.0. The van der Waals surface area contributed by atoms with Crippen LogP contribution in [0, 0.1) is 22.9 Å². The van der Waals surface area contributed by atoms with E-state index >= 15 is 0 Å². The summed E-state index contributed by atoms with van der Waals surface area (Å²) in [5, 5.41) is 8.04. The first-order chi connectivity index (χ1) is 23.4. The van der Waals surface area contributed by atoms with Crippen molar-refractivity contribution in [2.24, 2.45) is 0 Å². The topological polar surface area (TPSA) is 24.1 Å². The Bertz CT molecular complexity index is 1810. The third-order valence-electron chi connectivity index (χ3n) is 8.38. The molecule has 2 unspecified atom stereocenters. The summed E-state index contributed by atoms with van der Waals surface area (Å²) < 4.78 is 0. The lowest BCUT2D eigenvalue weighted by atomic mass is 9.88. The van der Waals surface area contributed by atoms with E-state index in [1.54, 1.807) is 0 Å². The van der Waals surface area contributed by atoms with Crippen molar-refractivity contribution in [3.05, 3.63) is 155 Å². The molecule has 5 aromatic carbocycles. The molecule has 0 bridgehead atoms. The van der Waals surface area contributed by atoms with Gasteiger partial charge in [-0.05, 0) is 77.1 Å². The van der Waals surface area contributed by atoms with E-state index in [2.05, 4.69) is 214 Å². The number of rotatable bonds is 9. The maximum Gasteiger partial charge on any atom is 0.129 e. The van der Waals surface area contributed by atoms with E-state index in [0.717, 1.165) is 11.1 Å². The summed E-state index contributed by atoms with van der Waals surface area (Å²) in [5.74, 6) is 6.86. The molecule has 49 heavy (non-hydrogen) atoms. The third-order valence-corrected chi connectivity index (χ3v) is 10.1. The van der Waals surface area contributed by atoms with Gasteiger partial charge in [0.25, 0.3) is 0 Å². The van der Waals surface area contributed by atoms with Gasteiger partial charge in [0.05, 0.1) is 6.17 Å². The van der Waals surface area contributed by atoms with Crippen LogP contribution in [0.3, 0.4) is 0 Å². The van der Waals surface area contributed by atoms with E-state index < -0.39 is 16.1 Å². The zero-order valence-electron chi connectivity index (χ0n) is 30.4. The van der Waals surface area contributed by atoms with Gasteiger partial charge in [-0.3, -0.25) is 10.6 Å². The quantitative estimate of drug-likeness (QED) is 0.0924. The normalized spacial score (nSPS) is 13.3. The fraction of sp³-hybridized carbons (Fsp3) is 0.244. The average molecular weight is 675 g/mol. The van der Waals surface area contributed by atoms with Crippen LogP contribution >= 0.6 is 0 Å². The first-order valence-corrected chi connectivity index (χ1v) is 24.4. The molecule has 5 rings (SSSR count). The van der Waals surface area contributed by atoms with E-state index in [4.69, 9.17) is 0 Å². The lowest BCUT2D eigenvalue weighted by Gasteiger charge is -2.32. The molecule has 0 saturated carbocycles. The van der Waals surface area contributed by atoms with Crippen molar-refractivity contribution in [2.75, 3.05) is 0 Å². The zero-order valence-corrected chi connectivity index (χ0v) is 32.4. The Hall–Kier alpha value is -4.43. The van der Waals surface area contributed by atoms with Crippen molar-refractivity contribution in [3.8, 4) is 45.2 Å². The Morgan fingerprint density at radius 3 is 1.16 bits per heavy atom. The van der Waals surface area contributed by atoms with Gasteiger partial charge in [0.2, 0.25) is 0 Å². The SMILES string of the molecule is CC(NC(NC(C)c1ccccc1)c1c(-c2ccc(C#C[Si](C)(C)C)cc2)cccc1-c1ccc(C#C[Si](C)(C)C)cc1)c1ccccc1. The first-order valence-electron chi connectivity index (χ1n) is 17.4. The lowest BCUT2D eigenvalue weighted by Crippen LogP contribution is -2.38. The molecule has 0 aliphatic carbocycles. The summed E-state index contributed by atoms with van der Waals surface area (Å²) >= 11 is 0. The molecule has 2 N–H and O–H groups in total. The molecule has 0 radical (unpaired) electrons. The highest BCUT2D eigenvalue weighted by Crippen LogP contribution is 2.38. The molecule has 0 aliphatic rings. The number of hydrogen-bond acceptors (Lipinski definition) is 2. The summed E-state index contributed by atoms with van der Waals surface area (Å²) in [6.07, 6.45) is -0.172. The Kier molecular flexibility index (Phi) is 11.6. The van der Waals surface area contributed by atoms with Gasteiger partial charge in [-0.2, -0.15) is 0 Å². The monoisotopic (exact) mass is 674 g/mol. The minimum Gasteiger partial charge on any atom is -0.291 e. The molecule has 0 aliphatic heterocycles. The Labute approximate surface area is 297 Å². The average Bonchev–Trinajstić information content (AvgIpc) is 3.10. The Morgan fingerprint density at radius 1 is 0.449 bits per heavy atom. The van der Waals surface area contributed by atoms with Crippen LogP contribution in [-0.2, 0) is 0 Å². The molecule has 248 valence electrons. The van der Waals surface area contributed by atoms with Crippen LogP contribution in [0.25, 0.3) is 22.3 Å².